The molecule has 2 N–H and O–H groups in total. The van der Waals surface area contributed by atoms with Crippen LogP contribution in [0.25, 0.3) is 0 Å². The predicted octanol–water partition coefficient (Wildman–Crippen LogP) is 1.59. The molecule has 1 heterocycles. The molecule has 2 fully saturated rings. The Morgan fingerprint density at radius 2 is 2.29 bits per heavy atom. The summed E-state index contributed by atoms with van der Waals surface area (Å²) in [5, 5.41) is 3.99. The van der Waals surface area contributed by atoms with Gasteiger partial charge in [-0.15, -0.1) is 0 Å². The van der Waals surface area contributed by atoms with Gasteiger partial charge < -0.3 is 15.0 Å². The van der Waals surface area contributed by atoms with Crippen molar-refractivity contribution in [2.24, 2.45) is 11.7 Å². The van der Waals surface area contributed by atoms with Crippen LogP contribution in [0.2, 0.25) is 0 Å². The summed E-state index contributed by atoms with van der Waals surface area (Å²) in [5.41, 5.74) is 5.98. The molecule has 1 unspecified atom stereocenters. The number of nitrogens with zero attached hydrogens (tertiary/aromatic N) is 2. The van der Waals surface area contributed by atoms with Gasteiger partial charge in [-0.2, -0.15) is 4.98 Å². The molecule has 0 aliphatic heterocycles. The normalized spacial score (nSPS) is 24.4. The van der Waals surface area contributed by atoms with Crippen molar-refractivity contribution in [3.8, 4) is 0 Å². The van der Waals surface area contributed by atoms with Crippen LogP contribution in [-0.4, -0.2) is 22.9 Å². The molecule has 5 nitrogen and oxygen atoms in total. The zero-order valence-corrected chi connectivity index (χ0v) is 10.2. The Morgan fingerprint density at radius 1 is 1.53 bits per heavy atom. The highest BCUT2D eigenvalue weighted by molar-refractivity contribution is 5.03. The molecule has 1 aromatic rings. The first-order valence-corrected chi connectivity index (χ1v) is 6.36. The number of hydrogen-bond donors (Lipinski definition) is 1. The molecule has 1 atom stereocenters. The van der Waals surface area contributed by atoms with Crippen LogP contribution in [0.5, 0.6) is 0 Å². The summed E-state index contributed by atoms with van der Waals surface area (Å²) in [4.78, 5) is 4.40. The quantitative estimate of drug-likeness (QED) is 0.841. The number of nitrogens with two attached hydrogens (primary N) is 1. The molecule has 0 amide bonds. The van der Waals surface area contributed by atoms with E-state index in [0.29, 0.717) is 24.1 Å². The Balaban J connectivity index is 1.67. The first-order chi connectivity index (χ1) is 8.22. The van der Waals surface area contributed by atoms with Crippen molar-refractivity contribution in [2.75, 3.05) is 7.11 Å². The van der Waals surface area contributed by atoms with E-state index in [1.54, 1.807) is 7.11 Å². The molecule has 0 saturated heterocycles. The molecule has 0 aromatic carbocycles. The van der Waals surface area contributed by atoms with E-state index in [1.807, 2.05) is 0 Å². The zero-order chi connectivity index (χ0) is 11.9. The highest BCUT2D eigenvalue weighted by atomic mass is 16.5. The van der Waals surface area contributed by atoms with Crippen LogP contribution in [0.3, 0.4) is 0 Å². The fraction of sp³-hybridized carbons (Fsp3) is 0.833. The number of rotatable bonds is 5. The van der Waals surface area contributed by atoms with Gasteiger partial charge in [0.25, 0.3) is 0 Å². The second-order valence-corrected chi connectivity index (χ2v) is 5.33. The van der Waals surface area contributed by atoms with Crippen LogP contribution in [0.4, 0.5) is 0 Å². The van der Waals surface area contributed by atoms with Crippen LogP contribution in [0, 0.1) is 5.92 Å². The lowest BCUT2D eigenvalue weighted by atomic mass is 9.77. The first-order valence-electron chi connectivity index (χ1n) is 6.36. The summed E-state index contributed by atoms with van der Waals surface area (Å²) >= 11 is 0. The summed E-state index contributed by atoms with van der Waals surface area (Å²) in [6.07, 6.45) is 6.47. The van der Waals surface area contributed by atoms with E-state index in [0.717, 1.165) is 12.8 Å². The fourth-order valence-electron chi connectivity index (χ4n) is 2.44. The largest absolute Gasteiger partial charge is 0.378 e. The minimum absolute atomic E-state index is 0.0487. The lowest BCUT2D eigenvalue weighted by molar-refractivity contribution is -0.0751. The molecule has 0 spiro atoms. The van der Waals surface area contributed by atoms with E-state index in [9.17, 15) is 0 Å². The number of hydrogen-bond acceptors (Lipinski definition) is 5. The minimum Gasteiger partial charge on any atom is -0.378 e. The molecule has 3 rings (SSSR count). The van der Waals surface area contributed by atoms with E-state index in [4.69, 9.17) is 15.0 Å². The maximum Gasteiger partial charge on any atom is 0.229 e. The molecule has 2 saturated carbocycles. The topological polar surface area (TPSA) is 74.2 Å². The summed E-state index contributed by atoms with van der Waals surface area (Å²) < 4.78 is 10.8. The minimum atomic E-state index is -0.0620. The molecule has 2 aliphatic rings. The zero-order valence-electron chi connectivity index (χ0n) is 10.2. The number of methoxy groups -OCH3 is 1. The van der Waals surface area contributed by atoms with Crippen LogP contribution in [0.1, 0.15) is 49.9 Å². The summed E-state index contributed by atoms with van der Waals surface area (Å²) in [7, 11) is 1.76. The van der Waals surface area contributed by atoms with Crippen molar-refractivity contribution in [1.82, 2.24) is 10.1 Å². The van der Waals surface area contributed by atoms with Gasteiger partial charge in [-0.25, -0.2) is 0 Å². The highest BCUT2D eigenvalue weighted by Gasteiger charge is 2.39. The Bertz CT molecular complexity index is 391. The second kappa shape index (κ2) is 4.07. The third-order valence-corrected chi connectivity index (χ3v) is 4.08. The van der Waals surface area contributed by atoms with E-state index < -0.39 is 0 Å². The van der Waals surface area contributed by atoms with Gasteiger partial charge >= 0.3 is 0 Å². The Hall–Kier alpha value is -0.940. The van der Waals surface area contributed by atoms with Gasteiger partial charge in [0.15, 0.2) is 5.82 Å². The van der Waals surface area contributed by atoms with Crippen molar-refractivity contribution in [3.63, 3.8) is 0 Å². The van der Waals surface area contributed by atoms with Gasteiger partial charge in [-0.1, -0.05) is 5.16 Å². The lowest BCUT2D eigenvalue weighted by Gasteiger charge is -2.39. The number of aromatic nitrogens is 2. The van der Waals surface area contributed by atoms with Crippen molar-refractivity contribution in [3.05, 3.63) is 11.7 Å². The molecule has 0 radical (unpaired) electrons. The molecule has 5 heteroatoms. The maximum absolute atomic E-state index is 6.04. The van der Waals surface area contributed by atoms with E-state index >= 15 is 0 Å². The van der Waals surface area contributed by atoms with E-state index in [1.165, 1.54) is 19.3 Å². The van der Waals surface area contributed by atoms with Gasteiger partial charge in [0.05, 0.1) is 18.1 Å². The summed E-state index contributed by atoms with van der Waals surface area (Å²) in [6.45, 7) is 0. The van der Waals surface area contributed by atoms with E-state index in [2.05, 4.69) is 10.1 Å². The van der Waals surface area contributed by atoms with Crippen molar-refractivity contribution >= 4 is 0 Å². The fourth-order valence-corrected chi connectivity index (χ4v) is 2.44. The second-order valence-electron chi connectivity index (χ2n) is 5.33. The van der Waals surface area contributed by atoms with Crippen LogP contribution in [-0.2, 0) is 11.2 Å². The van der Waals surface area contributed by atoms with Crippen molar-refractivity contribution in [2.45, 2.75) is 50.2 Å². The third-order valence-electron chi connectivity index (χ3n) is 4.08. The SMILES string of the molecule is COC1(Cc2nc(C(N)C3CC3)no2)CCC1. The number of ether oxygens (including phenoxy) is 1. The van der Waals surface area contributed by atoms with Crippen LogP contribution < -0.4 is 5.73 Å². The Labute approximate surface area is 101 Å². The molecule has 1 aromatic heterocycles. The molecule has 0 bridgehead atoms. The predicted molar refractivity (Wildman–Crippen MR) is 61.2 cm³/mol. The molecular formula is C12H19N3O2. The van der Waals surface area contributed by atoms with Crippen LogP contribution >= 0.6 is 0 Å². The molecule has 17 heavy (non-hydrogen) atoms. The smallest absolute Gasteiger partial charge is 0.229 e. The van der Waals surface area contributed by atoms with Gasteiger partial charge in [-0.05, 0) is 38.0 Å². The van der Waals surface area contributed by atoms with Gasteiger partial charge in [0.1, 0.15) is 0 Å². The average Bonchev–Trinajstić information content (AvgIpc) is 3.03. The third kappa shape index (κ3) is 2.09. The van der Waals surface area contributed by atoms with Crippen molar-refractivity contribution in [1.29, 1.82) is 0 Å². The van der Waals surface area contributed by atoms with E-state index in [-0.39, 0.29) is 11.6 Å². The summed E-state index contributed by atoms with van der Waals surface area (Å²) in [5.74, 6) is 1.88. The first kappa shape index (κ1) is 11.2. The average molecular weight is 237 g/mol. The van der Waals surface area contributed by atoms with Crippen LogP contribution in [0.15, 0.2) is 4.52 Å². The van der Waals surface area contributed by atoms with Gasteiger partial charge in [0.2, 0.25) is 5.89 Å². The Kier molecular flexibility index (Phi) is 2.67. The maximum atomic E-state index is 6.04. The molecular weight excluding hydrogens is 218 g/mol. The monoisotopic (exact) mass is 237 g/mol. The van der Waals surface area contributed by atoms with Crippen molar-refractivity contribution < 1.29 is 9.26 Å². The standard InChI is InChI=1S/C12H19N3O2/c1-16-12(5-2-6-12)7-9-14-11(15-17-9)10(13)8-3-4-8/h8,10H,2-7,13H2,1H3. The Morgan fingerprint density at radius 3 is 2.82 bits per heavy atom. The highest BCUT2D eigenvalue weighted by Crippen LogP contribution is 2.40. The van der Waals surface area contributed by atoms with Gasteiger partial charge in [0, 0.05) is 7.11 Å². The lowest BCUT2D eigenvalue weighted by Crippen LogP contribution is -2.41. The van der Waals surface area contributed by atoms with Gasteiger partial charge in [-0.3, -0.25) is 0 Å². The summed E-state index contributed by atoms with van der Waals surface area (Å²) in [6, 6.07) is -0.0487. The molecule has 2 aliphatic carbocycles. The molecule has 94 valence electrons.